The topological polar surface area (TPSA) is 32.1 Å². The molecule has 0 spiro atoms. The Morgan fingerprint density at radius 1 is 1.18 bits per heavy atom. The van der Waals surface area contributed by atoms with Crippen LogP contribution in [-0.2, 0) is 6.54 Å². The molecule has 102 valence electrons. The Hall–Kier alpha value is 0.01000. The maximum Gasteiger partial charge on any atom is 0.103 e. The van der Waals surface area contributed by atoms with Crippen LogP contribution < -0.4 is 35.4 Å². The van der Waals surface area contributed by atoms with Gasteiger partial charge in [0, 0.05) is 5.56 Å². The average Bonchev–Trinajstić information content (AvgIpc) is 2.20. The fourth-order valence-corrected chi connectivity index (χ4v) is 1.52. The van der Waals surface area contributed by atoms with Crippen LogP contribution in [0.25, 0.3) is 0 Å². The van der Waals surface area contributed by atoms with Crippen molar-refractivity contribution in [1.29, 1.82) is 0 Å². The molecule has 0 aliphatic rings. The second-order valence-electron chi connectivity index (χ2n) is 3.56. The highest BCUT2D eigenvalue weighted by molar-refractivity contribution is 6.17. The fourth-order valence-electron chi connectivity index (χ4n) is 1.19. The molecule has 0 heterocycles. The predicted octanol–water partition coefficient (Wildman–Crippen LogP) is -5.80. The van der Waals surface area contributed by atoms with E-state index in [4.69, 9.17) is 11.6 Å². The summed E-state index contributed by atoms with van der Waals surface area (Å²) >= 11 is 5.64. The first-order valence-electron chi connectivity index (χ1n) is 5.45. The molecule has 1 rings (SSSR count). The van der Waals surface area contributed by atoms with Gasteiger partial charge in [0.1, 0.15) is 6.54 Å². The number of rotatable bonds is 4. The summed E-state index contributed by atoms with van der Waals surface area (Å²) in [5.74, 6) is 0.735. The smallest absolute Gasteiger partial charge is 0.103 e. The fraction of sp³-hybridized carbons (Fsp3) is 0.500. The van der Waals surface area contributed by atoms with Crippen molar-refractivity contribution in [3.63, 3.8) is 0 Å². The largest absolute Gasteiger partial charge is 1.00 e. The van der Waals surface area contributed by atoms with E-state index in [0.29, 0.717) is 0 Å². The van der Waals surface area contributed by atoms with Crippen LogP contribution in [0, 0.1) is 0 Å². The van der Waals surface area contributed by atoms with E-state index in [-0.39, 0.29) is 24.8 Å². The Morgan fingerprint density at radius 3 is 2.06 bits per heavy atom. The number of hydrogen-bond donors (Lipinski definition) is 2. The molecule has 1 atom stereocenters. The van der Waals surface area contributed by atoms with Crippen LogP contribution >= 0.6 is 11.6 Å². The van der Waals surface area contributed by atoms with Gasteiger partial charge in [-0.1, -0.05) is 30.3 Å². The van der Waals surface area contributed by atoms with Gasteiger partial charge < -0.3 is 35.4 Å². The van der Waals surface area contributed by atoms with E-state index < -0.39 is 0 Å². The summed E-state index contributed by atoms with van der Waals surface area (Å²) in [4.78, 5) is 1.45. The zero-order chi connectivity index (χ0) is 11.5. The van der Waals surface area contributed by atoms with Crippen molar-refractivity contribution in [2.75, 3.05) is 26.0 Å². The van der Waals surface area contributed by atoms with E-state index in [1.807, 2.05) is 13.0 Å². The molecular weight excluding hydrogens is 279 g/mol. The van der Waals surface area contributed by atoms with Gasteiger partial charge in [0.05, 0.1) is 26.0 Å². The van der Waals surface area contributed by atoms with Gasteiger partial charge in [-0.2, -0.15) is 0 Å². The molecule has 0 saturated heterocycles. The Morgan fingerprint density at radius 2 is 1.65 bits per heavy atom. The Bertz CT molecular complexity index is 232. The first-order chi connectivity index (χ1) is 7.24. The maximum absolute atomic E-state index is 5.64. The number of halogens is 3. The molecule has 0 saturated carbocycles. The van der Waals surface area contributed by atoms with Crippen LogP contribution in [0.5, 0.6) is 0 Å². The third kappa shape index (κ3) is 13.9. The van der Waals surface area contributed by atoms with Crippen LogP contribution in [0.3, 0.4) is 0 Å². The van der Waals surface area contributed by atoms with Crippen LogP contribution in [0.15, 0.2) is 30.3 Å². The summed E-state index contributed by atoms with van der Waals surface area (Å²) in [5, 5.41) is 0. The highest BCUT2D eigenvalue weighted by atomic mass is 35.5. The third-order valence-corrected chi connectivity index (χ3v) is 2.06. The summed E-state index contributed by atoms with van der Waals surface area (Å²) < 4.78 is 0. The van der Waals surface area contributed by atoms with Gasteiger partial charge in [-0.3, -0.25) is 0 Å². The minimum absolute atomic E-state index is 0. The summed E-state index contributed by atoms with van der Waals surface area (Å²) in [7, 11) is 2.16. The lowest BCUT2D eigenvalue weighted by atomic mass is 10.2. The molecule has 0 fully saturated rings. The third-order valence-electron chi connectivity index (χ3n) is 1.87. The second-order valence-corrected chi connectivity index (χ2v) is 3.94. The quantitative estimate of drug-likeness (QED) is 0.520. The summed E-state index contributed by atoms with van der Waals surface area (Å²) in [6, 6.07) is 10.5. The van der Waals surface area contributed by atoms with Gasteiger partial charge in [0.2, 0.25) is 0 Å². The van der Waals surface area contributed by atoms with Crippen molar-refractivity contribution in [3.05, 3.63) is 35.9 Å². The number of alkyl halides is 1. The van der Waals surface area contributed by atoms with Gasteiger partial charge in [-0.25, -0.2) is 0 Å². The standard InChI is InChI=1S/C10H14ClN.C2H7N.2ClH/c1-12(8-7-11)9-10-5-3-2-4-6-10;1-2-3;;/h2-6H,7-9H2,1H3;2-3H2,1H3;2*1H. The van der Waals surface area contributed by atoms with Crippen LogP contribution in [0.1, 0.15) is 12.5 Å². The predicted molar refractivity (Wildman–Crippen MR) is 66.0 cm³/mol. The molecule has 1 aromatic rings. The molecule has 0 aliphatic heterocycles. The minimum Gasteiger partial charge on any atom is -1.00 e. The molecule has 0 aliphatic carbocycles. The van der Waals surface area contributed by atoms with Crippen molar-refractivity contribution in [1.82, 2.24) is 0 Å². The molecule has 4 N–H and O–H groups in total. The average molecular weight is 302 g/mol. The van der Waals surface area contributed by atoms with Crippen LogP contribution in [0.2, 0.25) is 0 Å². The molecule has 1 unspecified atom stereocenters. The molecular formula is C12H23Cl3N2. The molecule has 5 heteroatoms. The zero-order valence-corrected chi connectivity index (χ0v) is 12.8. The highest BCUT2D eigenvalue weighted by Crippen LogP contribution is 1.94. The van der Waals surface area contributed by atoms with Crippen molar-refractivity contribution in [2.24, 2.45) is 0 Å². The van der Waals surface area contributed by atoms with E-state index in [0.717, 1.165) is 25.5 Å². The summed E-state index contributed by atoms with van der Waals surface area (Å²) in [5.41, 5.74) is 4.86. The van der Waals surface area contributed by atoms with Crippen LogP contribution in [-0.4, -0.2) is 26.0 Å². The van der Waals surface area contributed by atoms with E-state index in [1.165, 1.54) is 10.5 Å². The SMILES string of the molecule is CC[NH3+].C[NH+](CCCl)Cc1ccccc1.[Cl-].[Cl-]. The normalized spacial score (nSPS) is 10.1. The van der Waals surface area contributed by atoms with Gasteiger partial charge in [0.25, 0.3) is 0 Å². The minimum atomic E-state index is 0. The number of nitrogens with one attached hydrogen (secondary N) is 1. The first kappa shape index (κ1) is 22.2. The van der Waals surface area contributed by atoms with Crippen molar-refractivity contribution >= 4 is 11.6 Å². The lowest BCUT2D eigenvalue weighted by molar-refractivity contribution is -0.891. The summed E-state index contributed by atoms with van der Waals surface area (Å²) in [6.45, 7) is 5.10. The lowest BCUT2D eigenvalue weighted by Gasteiger charge is -2.11. The van der Waals surface area contributed by atoms with E-state index in [9.17, 15) is 0 Å². The molecule has 17 heavy (non-hydrogen) atoms. The highest BCUT2D eigenvalue weighted by Gasteiger charge is 2.00. The molecule has 0 aromatic heterocycles. The van der Waals surface area contributed by atoms with E-state index >= 15 is 0 Å². The lowest BCUT2D eigenvalue weighted by Crippen LogP contribution is -3.07. The Labute approximate surface area is 122 Å². The van der Waals surface area contributed by atoms with Gasteiger partial charge in [-0.15, -0.1) is 11.6 Å². The molecule has 0 radical (unpaired) electrons. The number of hydrogen-bond acceptors (Lipinski definition) is 0. The van der Waals surface area contributed by atoms with E-state index in [2.05, 4.69) is 37.0 Å². The Kier molecular flexibility index (Phi) is 20.9. The second kappa shape index (κ2) is 16.0. The zero-order valence-electron chi connectivity index (χ0n) is 10.6. The van der Waals surface area contributed by atoms with Crippen LogP contribution in [0.4, 0.5) is 0 Å². The summed E-state index contributed by atoms with van der Waals surface area (Å²) in [6.07, 6.45) is 0. The monoisotopic (exact) mass is 300 g/mol. The van der Waals surface area contributed by atoms with Crippen molar-refractivity contribution < 1.29 is 35.4 Å². The first-order valence-corrected chi connectivity index (χ1v) is 5.98. The van der Waals surface area contributed by atoms with Gasteiger partial charge in [-0.05, 0) is 6.92 Å². The van der Waals surface area contributed by atoms with Crippen molar-refractivity contribution in [3.8, 4) is 0 Å². The van der Waals surface area contributed by atoms with Gasteiger partial charge >= 0.3 is 0 Å². The maximum atomic E-state index is 5.64. The number of quaternary nitrogens is 2. The molecule has 0 amide bonds. The molecule has 1 aromatic carbocycles. The van der Waals surface area contributed by atoms with Gasteiger partial charge in [0.15, 0.2) is 0 Å². The van der Waals surface area contributed by atoms with E-state index in [1.54, 1.807) is 0 Å². The number of benzene rings is 1. The Balaban J connectivity index is -0.000000356. The molecule has 2 nitrogen and oxygen atoms in total. The molecule has 0 bridgehead atoms. The van der Waals surface area contributed by atoms with Crippen molar-refractivity contribution in [2.45, 2.75) is 13.5 Å².